The number of carbonyl (C=O) groups is 3. The molecule has 8 heteroatoms. The monoisotopic (exact) mass is 433 g/mol. The van der Waals surface area contributed by atoms with Crippen LogP contribution in [-0.4, -0.2) is 48.7 Å². The highest BCUT2D eigenvalue weighted by atomic mass is 35.5. The maximum atomic E-state index is 13.2. The Hall–Kier alpha value is -2.77. The maximum absolute atomic E-state index is 13.2. The first-order chi connectivity index (χ1) is 14.0. The second kappa shape index (κ2) is 10.8. The van der Waals surface area contributed by atoms with E-state index in [-0.39, 0.29) is 47.0 Å². The van der Waals surface area contributed by atoms with Crippen LogP contribution in [0.3, 0.4) is 0 Å². The molecule has 3 N–H and O–H groups in total. The van der Waals surface area contributed by atoms with Crippen molar-refractivity contribution in [3.63, 3.8) is 0 Å². The van der Waals surface area contributed by atoms with E-state index >= 15 is 0 Å². The van der Waals surface area contributed by atoms with Crippen molar-refractivity contribution in [2.45, 2.75) is 12.8 Å². The molecular weight excluding hydrogens is 409 g/mol. The number of hydrogen-bond donors (Lipinski definition) is 2. The van der Waals surface area contributed by atoms with Crippen LogP contribution in [0, 0.1) is 11.7 Å². The minimum atomic E-state index is -0.432. The number of rotatable bonds is 6. The summed E-state index contributed by atoms with van der Waals surface area (Å²) >= 11 is 0. The van der Waals surface area contributed by atoms with Crippen LogP contribution in [0.5, 0.6) is 0 Å². The number of likely N-dealkylation sites (tertiary alicyclic amines) is 1. The molecule has 6 nitrogen and oxygen atoms in total. The summed E-state index contributed by atoms with van der Waals surface area (Å²) in [6, 6.07) is 11.8. The fourth-order valence-electron chi connectivity index (χ4n) is 3.51. The minimum absolute atomic E-state index is 0. The third-order valence-electron chi connectivity index (χ3n) is 5.03. The van der Waals surface area contributed by atoms with E-state index in [1.54, 1.807) is 29.2 Å². The topological polar surface area (TPSA) is 92.5 Å². The Labute approximate surface area is 181 Å². The molecule has 160 valence electrons. The van der Waals surface area contributed by atoms with E-state index in [1.165, 1.54) is 24.3 Å². The Balaban J connectivity index is 0.00000320. The van der Waals surface area contributed by atoms with Crippen LogP contribution in [0.2, 0.25) is 0 Å². The number of nitrogens with two attached hydrogens (primary N) is 1. The number of halogens is 2. The van der Waals surface area contributed by atoms with Gasteiger partial charge in [0.2, 0.25) is 5.91 Å². The molecule has 30 heavy (non-hydrogen) atoms. The number of hydrogen-bond acceptors (Lipinski definition) is 4. The highest BCUT2D eigenvalue weighted by Crippen LogP contribution is 2.22. The summed E-state index contributed by atoms with van der Waals surface area (Å²) in [5.74, 6) is -1.46. The van der Waals surface area contributed by atoms with Gasteiger partial charge in [-0.2, -0.15) is 0 Å². The number of nitrogens with one attached hydrogen (secondary N) is 1. The fraction of sp³-hybridized carbons (Fsp3) is 0.318. The zero-order valence-electron chi connectivity index (χ0n) is 16.5. The van der Waals surface area contributed by atoms with Crippen LogP contribution in [-0.2, 0) is 4.79 Å². The summed E-state index contributed by atoms with van der Waals surface area (Å²) in [6.07, 6.45) is 1.41. The predicted molar refractivity (Wildman–Crippen MR) is 114 cm³/mol. The van der Waals surface area contributed by atoms with Crippen LogP contribution in [0.1, 0.15) is 39.1 Å². The minimum Gasteiger partial charge on any atom is -0.355 e. The van der Waals surface area contributed by atoms with Crippen LogP contribution >= 0.6 is 12.4 Å². The second-order valence-electron chi connectivity index (χ2n) is 7.05. The van der Waals surface area contributed by atoms with Crippen molar-refractivity contribution in [2.24, 2.45) is 11.7 Å². The molecular formula is C22H25ClFN3O3. The number of amides is 2. The first kappa shape index (κ1) is 23.5. The quantitative estimate of drug-likeness (QED) is 0.684. The molecule has 0 bridgehead atoms. The smallest absolute Gasteiger partial charge is 0.254 e. The maximum Gasteiger partial charge on any atom is 0.254 e. The lowest BCUT2D eigenvalue weighted by atomic mass is 9.94. The van der Waals surface area contributed by atoms with Crippen molar-refractivity contribution in [1.29, 1.82) is 0 Å². The number of benzene rings is 2. The van der Waals surface area contributed by atoms with Gasteiger partial charge >= 0.3 is 0 Å². The Morgan fingerprint density at radius 2 is 1.73 bits per heavy atom. The molecule has 1 aliphatic rings. The molecule has 1 aliphatic heterocycles. The van der Waals surface area contributed by atoms with E-state index in [0.717, 1.165) is 0 Å². The van der Waals surface area contributed by atoms with Crippen molar-refractivity contribution in [2.75, 3.05) is 26.2 Å². The molecule has 0 radical (unpaired) electrons. The van der Waals surface area contributed by atoms with Gasteiger partial charge in [-0.1, -0.05) is 18.2 Å². The SMILES string of the molecule is Cl.NCCNC(=O)C1CCCN(C(=O)c2ccccc2C(=O)c2ccc(F)cc2)C1. The molecule has 2 aromatic carbocycles. The van der Waals surface area contributed by atoms with Gasteiger partial charge in [0.15, 0.2) is 5.78 Å². The van der Waals surface area contributed by atoms with Crippen molar-refractivity contribution >= 4 is 30.0 Å². The van der Waals surface area contributed by atoms with E-state index in [4.69, 9.17) is 5.73 Å². The first-order valence-electron chi connectivity index (χ1n) is 9.67. The molecule has 0 aromatic heterocycles. The normalized spacial score (nSPS) is 15.8. The standard InChI is InChI=1S/C22H24FN3O3.ClH/c23-17-9-7-15(8-10-17)20(27)18-5-1-2-6-19(18)22(29)26-13-3-4-16(14-26)21(28)25-12-11-24;/h1-2,5-10,16H,3-4,11-14,24H2,(H,25,28);1H. The van der Waals surface area contributed by atoms with Crippen LogP contribution in [0.4, 0.5) is 4.39 Å². The molecule has 1 fully saturated rings. The van der Waals surface area contributed by atoms with Crippen LogP contribution < -0.4 is 11.1 Å². The van der Waals surface area contributed by atoms with Crippen molar-refractivity contribution in [3.8, 4) is 0 Å². The summed E-state index contributed by atoms with van der Waals surface area (Å²) in [5.41, 5.74) is 6.28. The van der Waals surface area contributed by atoms with Crippen molar-refractivity contribution in [3.05, 3.63) is 71.0 Å². The molecule has 1 unspecified atom stereocenters. The van der Waals surface area contributed by atoms with Crippen LogP contribution in [0.15, 0.2) is 48.5 Å². The Bertz CT molecular complexity index is 905. The molecule has 2 aromatic rings. The van der Waals surface area contributed by atoms with Gasteiger partial charge in [-0.25, -0.2) is 4.39 Å². The second-order valence-corrected chi connectivity index (χ2v) is 7.05. The summed E-state index contributed by atoms with van der Waals surface area (Å²) in [7, 11) is 0. The summed E-state index contributed by atoms with van der Waals surface area (Å²) in [6.45, 7) is 1.59. The van der Waals surface area contributed by atoms with Gasteiger partial charge in [-0.05, 0) is 43.2 Å². The van der Waals surface area contributed by atoms with Gasteiger partial charge in [0.1, 0.15) is 5.82 Å². The van der Waals surface area contributed by atoms with Gasteiger partial charge < -0.3 is 16.0 Å². The zero-order valence-corrected chi connectivity index (χ0v) is 17.3. The van der Waals surface area contributed by atoms with E-state index in [1.807, 2.05) is 0 Å². The van der Waals surface area contributed by atoms with Gasteiger partial charge in [0.25, 0.3) is 5.91 Å². The average molecular weight is 434 g/mol. The highest BCUT2D eigenvalue weighted by molar-refractivity contribution is 6.15. The van der Waals surface area contributed by atoms with Gasteiger partial charge in [-0.3, -0.25) is 14.4 Å². The molecule has 2 amide bonds. The van der Waals surface area contributed by atoms with Crippen molar-refractivity contribution < 1.29 is 18.8 Å². The van der Waals surface area contributed by atoms with E-state index in [9.17, 15) is 18.8 Å². The van der Waals surface area contributed by atoms with E-state index in [2.05, 4.69) is 5.32 Å². The number of nitrogens with zero attached hydrogens (tertiary/aromatic N) is 1. The lowest BCUT2D eigenvalue weighted by molar-refractivity contribution is -0.126. The molecule has 1 heterocycles. The molecule has 0 spiro atoms. The number of ketones is 1. The highest BCUT2D eigenvalue weighted by Gasteiger charge is 2.30. The van der Waals surface area contributed by atoms with Gasteiger partial charge in [-0.15, -0.1) is 12.4 Å². The summed E-state index contributed by atoms with van der Waals surface area (Å²) in [4.78, 5) is 39.9. The van der Waals surface area contributed by atoms with Gasteiger partial charge in [0, 0.05) is 37.3 Å². The third kappa shape index (κ3) is 5.43. The molecule has 0 saturated carbocycles. The predicted octanol–water partition coefficient (Wildman–Crippen LogP) is 2.41. The summed E-state index contributed by atoms with van der Waals surface area (Å²) in [5, 5.41) is 2.77. The van der Waals surface area contributed by atoms with E-state index < -0.39 is 5.82 Å². The summed E-state index contributed by atoms with van der Waals surface area (Å²) < 4.78 is 13.2. The van der Waals surface area contributed by atoms with Crippen molar-refractivity contribution in [1.82, 2.24) is 10.2 Å². The Kier molecular flexibility index (Phi) is 8.50. The Morgan fingerprint density at radius 3 is 2.40 bits per heavy atom. The molecule has 3 rings (SSSR count). The van der Waals surface area contributed by atoms with E-state index in [0.29, 0.717) is 44.6 Å². The first-order valence-corrected chi connectivity index (χ1v) is 9.67. The molecule has 1 saturated heterocycles. The number of carbonyl (C=O) groups excluding carboxylic acids is 3. The third-order valence-corrected chi connectivity index (χ3v) is 5.03. The molecule has 0 aliphatic carbocycles. The van der Waals surface area contributed by atoms with Crippen LogP contribution in [0.25, 0.3) is 0 Å². The Morgan fingerprint density at radius 1 is 1.07 bits per heavy atom. The zero-order chi connectivity index (χ0) is 20.8. The average Bonchev–Trinajstić information content (AvgIpc) is 2.77. The largest absolute Gasteiger partial charge is 0.355 e. The fourth-order valence-corrected chi connectivity index (χ4v) is 3.51. The molecule has 1 atom stereocenters. The number of piperidine rings is 1. The lowest BCUT2D eigenvalue weighted by Gasteiger charge is -2.32. The lowest BCUT2D eigenvalue weighted by Crippen LogP contribution is -2.46. The van der Waals surface area contributed by atoms with Gasteiger partial charge in [0.05, 0.1) is 11.5 Å².